The van der Waals surface area contributed by atoms with Gasteiger partial charge in [0, 0.05) is 19.1 Å². The van der Waals surface area contributed by atoms with Crippen LogP contribution in [0.4, 0.5) is 27.9 Å². The average Bonchev–Trinajstić information content (AvgIpc) is 3.32. The van der Waals surface area contributed by atoms with E-state index in [4.69, 9.17) is 4.74 Å². The number of nitrogens with one attached hydrogen (secondary N) is 3. The fourth-order valence-electron chi connectivity index (χ4n) is 5.05. The predicted molar refractivity (Wildman–Crippen MR) is 139 cm³/mol. The van der Waals surface area contributed by atoms with E-state index in [9.17, 15) is 4.39 Å². The summed E-state index contributed by atoms with van der Waals surface area (Å²) in [5.41, 5.74) is 0.488. The maximum Gasteiger partial charge on any atom is 0.233 e. The maximum absolute atomic E-state index is 14.5. The molecule has 192 valence electrons. The van der Waals surface area contributed by atoms with E-state index in [1.807, 2.05) is 13.8 Å². The Morgan fingerprint density at radius 2 is 1.69 bits per heavy atom. The summed E-state index contributed by atoms with van der Waals surface area (Å²) in [6, 6.07) is 5.28. The van der Waals surface area contributed by atoms with Crippen molar-refractivity contribution in [2.45, 2.75) is 77.9 Å². The van der Waals surface area contributed by atoms with Crippen LogP contribution in [-0.2, 0) is 0 Å². The summed E-state index contributed by atoms with van der Waals surface area (Å²) in [6.07, 6.45) is 8.61. The highest BCUT2D eigenvalue weighted by molar-refractivity contribution is 5.64. The second-order valence-electron chi connectivity index (χ2n) is 9.90. The SMILES string of the molecule is CCN1CCCC1CNc1nc(NCC2CCCCC2)nc(Nc2cccc(F)c2OC(C)C)n1. The molecular weight excluding hydrogens is 445 g/mol. The van der Waals surface area contributed by atoms with Crippen molar-refractivity contribution in [2.75, 3.05) is 42.1 Å². The Morgan fingerprint density at radius 1 is 0.971 bits per heavy atom. The maximum atomic E-state index is 14.5. The van der Waals surface area contributed by atoms with E-state index < -0.39 is 5.82 Å². The topological polar surface area (TPSA) is 87.2 Å². The minimum Gasteiger partial charge on any atom is -0.486 e. The molecule has 9 heteroatoms. The van der Waals surface area contributed by atoms with Gasteiger partial charge in [0.1, 0.15) is 0 Å². The van der Waals surface area contributed by atoms with Crippen LogP contribution in [0, 0.1) is 11.7 Å². The molecule has 35 heavy (non-hydrogen) atoms. The van der Waals surface area contributed by atoms with Crippen molar-refractivity contribution in [3.63, 3.8) is 0 Å². The molecule has 1 saturated heterocycles. The van der Waals surface area contributed by atoms with E-state index in [0.29, 0.717) is 35.5 Å². The standard InChI is InChI=1S/C26H40FN7O/c1-4-34-15-9-12-20(34)17-29-25-31-24(28-16-19-10-6-5-7-11-19)32-26(33-25)30-22-14-8-13-21(27)23(22)35-18(2)3/h8,13-14,18-20H,4-7,9-12,15-17H2,1-3H3,(H3,28,29,30,31,32,33). The molecular formula is C26H40FN7O. The van der Waals surface area contributed by atoms with Gasteiger partial charge in [0.2, 0.25) is 17.8 Å². The first kappa shape index (κ1) is 25.4. The Bertz CT molecular complexity index is 951. The molecule has 0 spiro atoms. The lowest BCUT2D eigenvalue weighted by Gasteiger charge is -2.23. The molecule has 3 N–H and O–H groups in total. The number of nitrogens with zero attached hydrogens (tertiary/aromatic N) is 4. The number of likely N-dealkylation sites (N-methyl/N-ethyl adjacent to an activating group) is 1. The zero-order valence-electron chi connectivity index (χ0n) is 21.3. The minimum absolute atomic E-state index is 0.163. The van der Waals surface area contributed by atoms with Crippen LogP contribution in [0.5, 0.6) is 5.75 Å². The Labute approximate surface area is 208 Å². The molecule has 0 bridgehead atoms. The molecule has 8 nitrogen and oxygen atoms in total. The van der Waals surface area contributed by atoms with Gasteiger partial charge in [-0.2, -0.15) is 15.0 Å². The van der Waals surface area contributed by atoms with Gasteiger partial charge in [0.05, 0.1) is 11.8 Å². The highest BCUT2D eigenvalue weighted by Gasteiger charge is 2.23. The van der Waals surface area contributed by atoms with E-state index in [2.05, 4.69) is 42.7 Å². The molecule has 2 fully saturated rings. The third kappa shape index (κ3) is 7.16. The first-order valence-electron chi connectivity index (χ1n) is 13.2. The number of para-hydroxylation sites is 1. The van der Waals surface area contributed by atoms with Gasteiger partial charge in [0.15, 0.2) is 11.6 Å². The molecule has 1 aliphatic heterocycles. The molecule has 4 rings (SSSR count). The summed E-state index contributed by atoms with van der Waals surface area (Å²) >= 11 is 0. The van der Waals surface area contributed by atoms with E-state index >= 15 is 0 Å². The third-order valence-electron chi connectivity index (χ3n) is 6.88. The quantitative estimate of drug-likeness (QED) is 0.388. The minimum atomic E-state index is -0.423. The molecule has 2 aromatic rings. The van der Waals surface area contributed by atoms with Gasteiger partial charge in [-0.25, -0.2) is 4.39 Å². The molecule has 1 aromatic heterocycles. The van der Waals surface area contributed by atoms with Crippen molar-refractivity contribution >= 4 is 23.5 Å². The van der Waals surface area contributed by atoms with Crippen LogP contribution in [0.3, 0.4) is 0 Å². The second-order valence-corrected chi connectivity index (χ2v) is 9.90. The van der Waals surface area contributed by atoms with Crippen LogP contribution in [0.1, 0.15) is 65.7 Å². The van der Waals surface area contributed by atoms with Crippen LogP contribution < -0.4 is 20.7 Å². The van der Waals surface area contributed by atoms with Gasteiger partial charge < -0.3 is 20.7 Å². The van der Waals surface area contributed by atoms with Crippen LogP contribution in [0.25, 0.3) is 0 Å². The molecule has 0 amide bonds. The molecule has 1 aliphatic carbocycles. The van der Waals surface area contributed by atoms with Crippen molar-refractivity contribution < 1.29 is 9.13 Å². The molecule has 1 atom stereocenters. The summed E-state index contributed by atoms with van der Waals surface area (Å²) in [4.78, 5) is 16.3. The molecule has 2 heterocycles. The summed E-state index contributed by atoms with van der Waals surface area (Å²) in [5.74, 6) is 1.77. The fraction of sp³-hybridized carbons (Fsp3) is 0.654. The van der Waals surface area contributed by atoms with Crippen molar-refractivity contribution in [3.05, 3.63) is 24.0 Å². The highest BCUT2D eigenvalue weighted by Crippen LogP contribution is 2.31. The van der Waals surface area contributed by atoms with Gasteiger partial charge in [-0.1, -0.05) is 32.3 Å². The number of benzene rings is 1. The molecule has 0 radical (unpaired) electrons. The summed E-state index contributed by atoms with van der Waals surface area (Å²) in [7, 11) is 0. The Morgan fingerprint density at radius 3 is 2.40 bits per heavy atom. The first-order valence-corrected chi connectivity index (χ1v) is 13.2. The average molecular weight is 486 g/mol. The molecule has 2 aliphatic rings. The van der Waals surface area contributed by atoms with E-state index in [-0.39, 0.29) is 11.9 Å². The van der Waals surface area contributed by atoms with Crippen LogP contribution in [0.2, 0.25) is 0 Å². The largest absolute Gasteiger partial charge is 0.486 e. The van der Waals surface area contributed by atoms with Gasteiger partial charge in [-0.3, -0.25) is 4.90 Å². The Hall–Kier alpha value is -2.68. The fourth-order valence-corrected chi connectivity index (χ4v) is 5.05. The number of likely N-dealkylation sites (tertiary alicyclic amines) is 1. The second kappa shape index (κ2) is 12.3. The Kier molecular flexibility index (Phi) is 8.95. The third-order valence-corrected chi connectivity index (χ3v) is 6.88. The van der Waals surface area contributed by atoms with Crippen molar-refractivity contribution in [3.8, 4) is 5.75 Å². The zero-order valence-corrected chi connectivity index (χ0v) is 21.3. The van der Waals surface area contributed by atoms with E-state index in [1.54, 1.807) is 12.1 Å². The van der Waals surface area contributed by atoms with E-state index in [0.717, 1.165) is 26.2 Å². The lowest BCUT2D eigenvalue weighted by molar-refractivity contribution is 0.232. The van der Waals surface area contributed by atoms with Crippen molar-refractivity contribution in [1.82, 2.24) is 19.9 Å². The summed E-state index contributed by atoms with van der Waals surface area (Å²) < 4.78 is 20.2. The van der Waals surface area contributed by atoms with Crippen molar-refractivity contribution in [1.29, 1.82) is 0 Å². The lowest BCUT2D eigenvalue weighted by atomic mass is 9.89. The zero-order chi connectivity index (χ0) is 24.6. The number of halogens is 1. The lowest BCUT2D eigenvalue weighted by Crippen LogP contribution is -2.35. The van der Waals surface area contributed by atoms with Crippen molar-refractivity contribution in [2.24, 2.45) is 5.92 Å². The molecule has 1 unspecified atom stereocenters. The normalized spacial score (nSPS) is 19.2. The van der Waals surface area contributed by atoms with Gasteiger partial charge in [0.25, 0.3) is 0 Å². The van der Waals surface area contributed by atoms with Crippen LogP contribution in [0.15, 0.2) is 18.2 Å². The van der Waals surface area contributed by atoms with E-state index in [1.165, 1.54) is 51.0 Å². The van der Waals surface area contributed by atoms with Gasteiger partial charge in [-0.05, 0) is 70.7 Å². The monoisotopic (exact) mass is 485 g/mol. The number of rotatable bonds is 11. The number of hydrogen-bond donors (Lipinski definition) is 3. The number of hydrogen-bond acceptors (Lipinski definition) is 8. The van der Waals surface area contributed by atoms with Crippen LogP contribution >= 0.6 is 0 Å². The van der Waals surface area contributed by atoms with Gasteiger partial charge >= 0.3 is 0 Å². The highest BCUT2D eigenvalue weighted by atomic mass is 19.1. The number of ether oxygens (including phenoxy) is 1. The Balaban J connectivity index is 1.53. The summed E-state index contributed by atoms with van der Waals surface area (Å²) in [5, 5.41) is 10.0. The first-order chi connectivity index (χ1) is 17.0. The number of anilines is 4. The van der Waals surface area contributed by atoms with Crippen LogP contribution in [-0.4, -0.2) is 58.2 Å². The summed E-state index contributed by atoms with van der Waals surface area (Å²) in [6.45, 7) is 9.75. The smallest absolute Gasteiger partial charge is 0.233 e. The number of aromatic nitrogens is 3. The molecule has 1 saturated carbocycles. The van der Waals surface area contributed by atoms with Gasteiger partial charge in [-0.15, -0.1) is 0 Å². The molecule has 1 aromatic carbocycles. The predicted octanol–water partition coefficient (Wildman–Crippen LogP) is 5.43.